The normalized spacial score (nSPS) is 25.2. The number of hydrogen-bond donors (Lipinski definition) is 1. The first-order valence-electron chi connectivity index (χ1n) is 6.40. The number of likely N-dealkylation sites (tertiary alicyclic amines) is 1. The monoisotopic (exact) mass is 236 g/mol. The fourth-order valence-electron chi connectivity index (χ4n) is 2.63. The predicted molar refractivity (Wildman–Crippen MR) is 65.0 cm³/mol. The maximum Gasteiger partial charge on any atom is 0.223 e. The lowest BCUT2D eigenvalue weighted by atomic mass is 9.95. The highest BCUT2D eigenvalue weighted by Gasteiger charge is 2.26. The van der Waals surface area contributed by atoms with Crippen molar-refractivity contribution in [2.24, 2.45) is 17.6 Å². The molecule has 0 radical (unpaired) electrons. The van der Waals surface area contributed by atoms with E-state index < -0.39 is 0 Å². The van der Waals surface area contributed by atoms with Crippen LogP contribution in [0.15, 0.2) is 12.2 Å². The van der Waals surface area contributed by atoms with Gasteiger partial charge in [-0.3, -0.25) is 9.59 Å². The van der Waals surface area contributed by atoms with Gasteiger partial charge in [-0.2, -0.15) is 0 Å². The molecule has 0 unspecified atom stereocenters. The number of carbonyl (C=O) groups excluding carboxylic acids is 2. The smallest absolute Gasteiger partial charge is 0.223 e. The van der Waals surface area contributed by atoms with Crippen molar-refractivity contribution in [1.29, 1.82) is 0 Å². The molecule has 17 heavy (non-hydrogen) atoms. The zero-order chi connectivity index (χ0) is 12.3. The molecule has 0 spiro atoms. The van der Waals surface area contributed by atoms with E-state index in [4.69, 9.17) is 5.73 Å². The Kier molecular flexibility index (Phi) is 3.82. The molecule has 2 amide bonds. The van der Waals surface area contributed by atoms with Gasteiger partial charge < -0.3 is 10.6 Å². The van der Waals surface area contributed by atoms with Gasteiger partial charge in [0.1, 0.15) is 0 Å². The van der Waals surface area contributed by atoms with E-state index in [0.29, 0.717) is 25.4 Å². The van der Waals surface area contributed by atoms with Gasteiger partial charge in [0, 0.05) is 25.4 Å². The predicted octanol–water partition coefficient (Wildman–Crippen LogP) is 1.07. The molecule has 94 valence electrons. The van der Waals surface area contributed by atoms with Crippen molar-refractivity contribution in [3.63, 3.8) is 0 Å². The van der Waals surface area contributed by atoms with Crippen LogP contribution >= 0.6 is 0 Å². The average Bonchev–Trinajstić information content (AvgIpc) is 2.82. The molecule has 0 aromatic rings. The van der Waals surface area contributed by atoms with E-state index in [9.17, 15) is 9.59 Å². The third-order valence-electron chi connectivity index (χ3n) is 3.80. The van der Waals surface area contributed by atoms with Crippen molar-refractivity contribution in [1.82, 2.24) is 4.90 Å². The number of piperidine rings is 1. The maximum absolute atomic E-state index is 12.0. The summed E-state index contributed by atoms with van der Waals surface area (Å²) in [6, 6.07) is 0. The van der Waals surface area contributed by atoms with Crippen LogP contribution in [0.3, 0.4) is 0 Å². The highest BCUT2D eigenvalue weighted by molar-refractivity contribution is 5.79. The molecule has 0 saturated carbocycles. The summed E-state index contributed by atoms with van der Waals surface area (Å²) in [5.74, 6) is 0.391. The summed E-state index contributed by atoms with van der Waals surface area (Å²) in [4.78, 5) is 24.9. The summed E-state index contributed by atoms with van der Waals surface area (Å²) in [5, 5.41) is 0. The molecule has 2 N–H and O–H groups in total. The third-order valence-corrected chi connectivity index (χ3v) is 3.80. The van der Waals surface area contributed by atoms with Crippen molar-refractivity contribution in [3.8, 4) is 0 Å². The maximum atomic E-state index is 12.0. The molecule has 1 atom stereocenters. The van der Waals surface area contributed by atoms with Crippen LogP contribution in [0.4, 0.5) is 0 Å². The van der Waals surface area contributed by atoms with Crippen LogP contribution in [-0.2, 0) is 9.59 Å². The van der Waals surface area contributed by atoms with Crippen LogP contribution < -0.4 is 5.73 Å². The molecule has 0 aromatic heterocycles. The van der Waals surface area contributed by atoms with E-state index in [2.05, 4.69) is 12.2 Å². The summed E-state index contributed by atoms with van der Waals surface area (Å²) in [6.45, 7) is 1.37. The molecule has 1 aliphatic heterocycles. The molecule has 2 aliphatic rings. The van der Waals surface area contributed by atoms with E-state index in [1.54, 1.807) is 0 Å². The van der Waals surface area contributed by atoms with E-state index in [1.165, 1.54) is 0 Å². The van der Waals surface area contributed by atoms with Crippen LogP contribution in [0, 0.1) is 11.8 Å². The van der Waals surface area contributed by atoms with Crippen LogP contribution in [0.25, 0.3) is 0 Å². The largest absolute Gasteiger partial charge is 0.369 e. The number of amides is 2. The van der Waals surface area contributed by atoms with Gasteiger partial charge in [-0.25, -0.2) is 0 Å². The summed E-state index contributed by atoms with van der Waals surface area (Å²) in [6.07, 6.45) is 8.57. The number of nitrogens with zero attached hydrogens (tertiary/aromatic N) is 1. The Morgan fingerprint density at radius 3 is 2.47 bits per heavy atom. The standard InChI is InChI=1S/C13H20N2O2/c14-13(17)11-5-7-15(8-6-11)12(16)9-10-3-1-2-4-10/h1,3,10-11H,2,4-9H2,(H2,14,17)/t10-/m1/s1. The summed E-state index contributed by atoms with van der Waals surface area (Å²) < 4.78 is 0. The van der Waals surface area contributed by atoms with E-state index >= 15 is 0 Å². The van der Waals surface area contributed by atoms with E-state index in [1.807, 2.05) is 4.90 Å². The molecule has 1 heterocycles. The highest BCUT2D eigenvalue weighted by atomic mass is 16.2. The lowest BCUT2D eigenvalue weighted by molar-refractivity contribution is -0.135. The van der Waals surface area contributed by atoms with Crippen LogP contribution in [0.5, 0.6) is 0 Å². The molecule has 1 fully saturated rings. The van der Waals surface area contributed by atoms with Gasteiger partial charge in [-0.1, -0.05) is 12.2 Å². The van der Waals surface area contributed by atoms with Crippen molar-refractivity contribution < 1.29 is 9.59 Å². The highest BCUT2D eigenvalue weighted by Crippen LogP contribution is 2.23. The minimum Gasteiger partial charge on any atom is -0.369 e. The first-order chi connectivity index (χ1) is 8.16. The van der Waals surface area contributed by atoms with Gasteiger partial charge in [0.2, 0.25) is 11.8 Å². The first kappa shape index (κ1) is 12.1. The second-order valence-corrected chi connectivity index (χ2v) is 5.03. The number of hydrogen-bond acceptors (Lipinski definition) is 2. The lowest BCUT2D eigenvalue weighted by Gasteiger charge is -2.31. The van der Waals surface area contributed by atoms with Gasteiger partial charge in [-0.05, 0) is 31.6 Å². The van der Waals surface area contributed by atoms with Crippen molar-refractivity contribution in [3.05, 3.63) is 12.2 Å². The van der Waals surface area contributed by atoms with Crippen molar-refractivity contribution in [2.45, 2.75) is 32.1 Å². The molecule has 4 heteroatoms. The lowest BCUT2D eigenvalue weighted by Crippen LogP contribution is -2.42. The molecular weight excluding hydrogens is 216 g/mol. The van der Waals surface area contributed by atoms with Crippen LogP contribution in [-0.4, -0.2) is 29.8 Å². The van der Waals surface area contributed by atoms with Gasteiger partial charge in [-0.15, -0.1) is 0 Å². The number of nitrogens with two attached hydrogens (primary N) is 1. The van der Waals surface area contributed by atoms with Crippen molar-refractivity contribution in [2.75, 3.05) is 13.1 Å². The second kappa shape index (κ2) is 5.34. The second-order valence-electron chi connectivity index (χ2n) is 5.03. The number of carbonyl (C=O) groups is 2. The Labute approximate surface area is 102 Å². The Balaban J connectivity index is 1.77. The molecule has 1 aliphatic carbocycles. The first-order valence-corrected chi connectivity index (χ1v) is 6.40. The third kappa shape index (κ3) is 3.08. The van der Waals surface area contributed by atoms with Gasteiger partial charge in [0.05, 0.1) is 0 Å². The van der Waals surface area contributed by atoms with Gasteiger partial charge in [0.15, 0.2) is 0 Å². The molecule has 0 bridgehead atoms. The summed E-state index contributed by atoms with van der Waals surface area (Å²) in [5.41, 5.74) is 5.27. The molecule has 1 saturated heterocycles. The number of allylic oxidation sites excluding steroid dienone is 2. The van der Waals surface area contributed by atoms with Crippen LogP contribution in [0.1, 0.15) is 32.1 Å². The van der Waals surface area contributed by atoms with Gasteiger partial charge >= 0.3 is 0 Å². The fourth-order valence-corrected chi connectivity index (χ4v) is 2.63. The number of rotatable bonds is 3. The number of primary amides is 1. The average molecular weight is 236 g/mol. The Bertz CT molecular complexity index is 330. The van der Waals surface area contributed by atoms with Gasteiger partial charge in [0.25, 0.3) is 0 Å². The Morgan fingerprint density at radius 2 is 1.94 bits per heavy atom. The van der Waals surface area contributed by atoms with E-state index in [-0.39, 0.29) is 17.7 Å². The summed E-state index contributed by atoms with van der Waals surface area (Å²) in [7, 11) is 0. The fraction of sp³-hybridized carbons (Fsp3) is 0.692. The Morgan fingerprint density at radius 1 is 1.24 bits per heavy atom. The molecular formula is C13H20N2O2. The Hall–Kier alpha value is -1.32. The topological polar surface area (TPSA) is 63.4 Å². The van der Waals surface area contributed by atoms with E-state index in [0.717, 1.165) is 25.7 Å². The summed E-state index contributed by atoms with van der Waals surface area (Å²) >= 11 is 0. The molecule has 4 nitrogen and oxygen atoms in total. The molecule has 2 rings (SSSR count). The van der Waals surface area contributed by atoms with Crippen molar-refractivity contribution >= 4 is 11.8 Å². The zero-order valence-electron chi connectivity index (χ0n) is 10.1. The minimum atomic E-state index is -0.226. The SMILES string of the molecule is NC(=O)C1CCN(C(=O)C[C@@H]2C=CCC2)CC1. The van der Waals surface area contributed by atoms with Crippen LogP contribution in [0.2, 0.25) is 0 Å². The molecule has 0 aromatic carbocycles. The minimum absolute atomic E-state index is 0.0366. The quantitative estimate of drug-likeness (QED) is 0.745. The zero-order valence-corrected chi connectivity index (χ0v) is 10.1.